The molecule has 1 aliphatic rings. The van der Waals surface area contributed by atoms with Crippen LogP contribution in [0.25, 0.3) is 0 Å². The molecule has 1 fully saturated rings. The van der Waals surface area contributed by atoms with Crippen LogP contribution >= 0.6 is 0 Å². The predicted octanol–water partition coefficient (Wildman–Crippen LogP) is 1.20. The van der Waals surface area contributed by atoms with Crippen molar-refractivity contribution in [3.05, 3.63) is 59.7 Å². The van der Waals surface area contributed by atoms with E-state index in [4.69, 9.17) is 0 Å². The number of benzene rings is 1. The third-order valence-corrected chi connectivity index (χ3v) is 4.61. The molecule has 0 spiro atoms. The van der Waals surface area contributed by atoms with Crippen molar-refractivity contribution < 1.29 is 14.1 Å². The van der Waals surface area contributed by atoms with E-state index in [9.17, 15) is 9.18 Å². The van der Waals surface area contributed by atoms with E-state index >= 15 is 0 Å². The van der Waals surface area contributed by atoms with Gasteiger partial charge in [0, 0.05) is 32.6 Å². The Kier molecular flexibility index (Phi) is 4.76. The third-order valence-electron chi connectivity index (χ3n) is 4.61. The summed E-state index contributed by atoms with van der Waals surface area (Å²) in [5, 5.41) is 2.94. The van der Waals surface area contributed by atoms with E-state index in [0.29, 0.717) is 19.1 Å². The molecule has 4 nitrogen and oxygen atoms in total. The molecule has 2 N–H and O–H groups in total. The number of amides is 1. The van der Waals surface area contributed by atoms with Gasteiger partial charge < -0.3 is 14.8 Å². The largest absolute Gasteiger partial charge is 0.350 e. The van der Waals surface area contributed by atoms with Crippen molar-refractivity contribution in [2.24, 2.45) is 7.05 Å². The maximum absolute atomic E-state index is 12.9. The molecular weight excluding hydrogens is 293 g/mol. The van der Waals surface area contributed by atoms with E-state index in [1.807, 2.05) is 0 Å². The molecule has 23 heavy (non-hydrogen) atoms. The molecule has 2 aromatic rings. The Hall–Kier alpha value is -2.14. The summed E-state index contributed by atoms with van der Waals surface area (Å²) in [7, 11) is 2.06. The molecule has 0 aliphatic carbocycles. The van der Waals surface area contributed by atoms with Gasteiger partial charge in [0.05, 0.1) is 12.2 Å². The minimum atomic E-state index is -0.257. The normalized spacial score (nSPS) is 20.6. The fourth-order valence-electron chi connectivity index (χ4n) is 3.39. The number of carbonyl (C=O) groups is 1. The second kappa shape index (κ2) is 6.96. The Morgan fingerprint density at radius 2 is 2.13 bits per heavy atom. The standard InChI is InChI=1S/C18H22FN3O/c1-21-10-2-4-16(21)17-5-3-11-22(17)13-18(23)20-12-14-6-8-15(19)9-7-14/h2,4,6-10,17H,3,5,11-13H2,1H3,(H,20,23)/p+1/t17-/m1/s1. The number of carbonyl (C=O) groups excluding carboxylic acids is 1. The van der Waals surface area contributed by atoms with Crippen molar-refractivity contribution >= 4 is 5.91 Å². The monoisotopic (exact) mass is 316 g/mol. The number of hydrogen-bond acceptors (Lipinski definition) is 1. The first-order valence-corrected chi connectivity index (χ1v) is 8.10. The van der Waals surface area contributed by atoms with Crippen LogP contribution in [0.15, 0.2) is 42.6 Å². The van der Waals surface area contributed by atoms with Gasteiger partial charge in [-0.1, -0.05) is 12.1 Å². The second-order valence-corrected chi connectivity index (χ2v) is 6.23. The van der Waals surface area contributed by atoms with Crippen molar-refractivity contribution in [3.63, 3.8) is 0 Å². The maximum atomic E-state index is 12.9. The van der Waals surface area contributed by atoms with Gasteiger partial charge in [-0.2, -0.15) is 0 Å². The lowest BCUT2D eigenvalue weighted by Gasteiger charge is -2.21. The summed E-state index contributed by atoms with van der Waals surface area (Å²) < 4.78 is 15.0. The number of rotatable bonds is 5. The molecule has 3 rings (SSSR count). The van der Waals surface area contributed by atoms with Crippen molar-refractivity contribution in [2.45, 2.75) is 25.4 Å². The van der Waals surface area contributed by atoms with E-state index < -0.39 is 0 Å². The van der Waals surface area contributed by atoms with Crippen LogP contribution in [0.5, 0.6) is 0 Å². The molecule has 1 aromatic heterocycles. The summed E-state index contributed by atoms with van der Waals surface area (Å²) in [6.45, 7) is 1.96. The zero-order chi connectivity index (χ0) is 16.2. The van der Waals surface area contributed by atoms with Crippen LogP contribution < -0.4 is 10.2 Å². The molecule has 0 saturated carbocycles. The molecule has 1 aliphatic heterocycles. The van der Waals surface area contributed by atoms with Crippen molar-refractivity contribution in [2.75, 3.05) is 13.1 Å². The maximum Gasteiger partial charge on any atom is 0.275 e. The summed E-state index contributed by atoms with van der Waals surface area (Å²) in [6, 6.07) is 10.8. The topological polar surface area (TPSA) is 38.5 Å². The number of hydrogen-bond donors (Lipinski definition) is 2. The van der Waals surface area contributed by atoms with E-state index in [1.165, 1.54) is 22.7 Å². The predicted molar refractivity (Wildman–Crippen MR) is 86.3 cm³/mol. The Bertz CT molecular complexity index is 665. The van der Waals surface area contributed by atoms with Crippen LogP contribution in [0.3, 0.4) is 0 Å². The fraction of sp³-hybridized carbons (Fsp3) is 0.389. The molecule has 5 heteroatoms. The highest BCUT2D eigenvalue weighted by atomic mass is 19.1. The number of quaternary nitrogens is 1. The first-order chi connectivity index (χ1) is 11.1. The van der Waals surface area contributed by atoms with Crippen molar-refractivity contribution in [1.29, 1.82) is 0 Å². The third kappa shape index (κ3) is 3.79. The van der Waals surface area contributed by atoms with Crippen LogP contribution in [0.4, 0.5) is 4.39 Å². The van der Waals surface area contributed by atoms with E-state index in [-0.39, 0.29) is 11.7 Å². The molecular formula is C18H23FN3O+. The number of nitrogens with one attached hydrogen (secondary N) is 2. The zero-order valence-electron chi connectivity index (χ0n) is 13.4. The lowest BCUT2D eigenvalue weighted by Crippen LogP contribution is -3.11. The highest BCUT2D eigenvalue weighted by molar-refractivity contribution is 5.76. The van der Waals surface area contributed by atoms with Gasteiger partial charge in [-0.25, -0.2) is 4.39 Å². The van der Waals surface area contributed by atoms with Crippen molar-refractivity contribution in [1.82, 2.24) is 9.88 Å². The van der Waals surface area contributed by atoms with Gasteiger partial charge in [-0.3, -0.25) is 4.79 Å². The second-order valence-electron chi connectivity index (χ2n) is 6.23. The Morgan fingerprint density at radius 3 is 2.83 bits per heavy atom. The van der Waals surface area contributed by atoms with Crippen LogP contribution in [-0.2, 0) is 18.4 Å². The summed E-state index contributed by atoms with van der Waals surface area (Å²) in [5.74, 6) is -0.211. The minimum absolute atomic E-state index is 0.0467. The summed E-state index contributed by atoms with van der Waals surface area (Å²) >= 11 is 0. The molecule has 1 amide bonds. The highest BCUT2D eigenvalue weighted by Crippen LogP contribution is 2.18. The molecule has 122 valence electrons. The Morgan fingerprint density at radius 1 is 1.35 bits per heavy atom. The SMILES string of the molecule is Cn1cccc1[C@H]1CCC[NH+]1CC(=O)NCc1ccc(F)cc1. The van der Waals surface area contributed by atoms with E-state index in [2.05, 4.69) is 35.3 Å². The Labute approximate surface area is 135 Å². The van der Waals surface area contributed by atoms with Gasteiger partial charge in [-0.05, 0) is 29.8 Å². The average molecular weight is 316 g/mol. The molecule has 0 bridgehead atoms. The highest BCUT2D eigenvalue weighted by Gasteiger charge is 2.32. The molecule has 1 unspecified atom stereocenters. The van der Waals surface area contributed by atoms with Crippen LogP contribution in [0, 0.1) is 5.82 Å². The van der Waals surface area contributed by atoms with Gasteiger partial charge in [-0.15, -0.1) is 0 Å². The number of aromatic nitrogens is 1. The van der Waals surface area contributed by atoms with Crippen LogP contribution in [0.2, 0.25) is 0 Å². The molecule has 0 radical (unpaired) electrons. The first kappa shape index (κ1) is 15.7. The van der Waals surface area contributed by atoms with Gasteiger partial charge in [0.1, 0.15) is 11.9 Å². The zero-order valence-corrected chi connectivity index (χ0v) is 13.4. The molecule has 2 atom stereocenters. The van der Waals surface area contributed by atoms with Gasteiger partial charge >= 0.3 is 0 Å². The number of aryl methyl sites for hydroxylation is 1. The smallest absolute Gasteiger partial charge is 0.275 e. The van der Waals surface area contributed by atoms with Gasteiger partial charge in [0.25, 0.3) is 5.91 Å². The number of nitrogens with zero attached hydrogens (tertiary/aromatic N) is 1. The van der Waals surface area contributed by atoms with E-state index in [1.54, 1.807) is 12.1 Å². The molecule has 2 heterocycles. The average Bonchev–Trinajstić information content (AvgIpc) is 3.15. The molecule has 1 saturated heterocycles. The van der Waals surface area contributed by atoms with Gasteiger partial charge in [0.15, 0.2) is 6.54 Å². The quantitative estimate of drug-likeness (QED) is 0.855. The Balaban J connectivity index is 1.54. The number of likely N-dealkylation sites (tertiary alicyclic amines) is 1. The van der Waals surface area contributed by atoms with Crippen LogP contribution in [0.1, 0.15) is 30.1 Å². The summed E-state index contributed by atoms with van der Waals surface area (Å²) in [5.41, 5.74) is 2.21. The lowest BCUT2D eigenvalue weighted by molar-refractivity contribution is -0.911. The molecule has 1 aromatic carbocycles. The fourth-order valence-corrected chi connectivity index (χ4v) is 3.39. The lowest BCUT2D eigenvalue weighted by atomic mass is 10.1. The van der Waals surface area contributed by atoms with Gasteiger partial charge in [0.2, 0.25) is 0 Å². The first-order valence-electron chi connectivity index (χ1n) is 8.10. The minimum Gasteiger partial charge on any atom is -0.350 e. The van der Waals surface area contributed by atoms with Crippen LogP contribution in [-0.4, -0.2) is 23.6 Å². The number of halogens is 1. The van der Waals surface area contributed by atoms with Crippen molar-refractivity contribution in [3.8, 4) is 0 Å². The van der Waals surface area contributed by atoms with E-state index in [0.717, 1.165) is 24.9 Å². The summed E-state index contributed by atoms with van der Waals surface area (Å²) in [6.07, 6.45) is 4.33. The summed E-state index contributed by atoms with van der Waals surface area (Å²) in [4.78, 5) is 13.5.